The van der Waals surface area contributed by atoms with Gasteiger partial charge in [-0.05, 0) is 13.0 Å². The minimum absolute atomic E-state index is 0.179. The van der Waals surface area contributed by atoms with Gasteiger partial charge in [0.05, 0.1) is 12.8 Å². The maximum atomic E-state index is 11.3. The van der Waals surface area contributed by atoms with Gasteiger partial charge in [-0.1, -0.05) is 0 Å². The first kappa shape index (κ1) is 9.45. The van der Waals surface area contributed by atoms with Crippen molar-refractivity contribution in [2.24, 2.45) is 0 Å². The topological polar surface area (TPSA) is 76.5 Å². The minimum atomic E-state index is -0.498. The number of aromatic amines is 1. The van der Waals surface area contributed by atoms with E-state index in [0.29, 0.717) is 12.3 Å². The average molecular weight is 207 g/mol. The Labute approximate surface area is 84.5 Å². The summed E-state index contributed by atoms with van der Waals surface area (Å²) in [6.45, 7) is 2.01. The van der Waals surface area contributed by atoms with E-state index in [9.17, 15) is 9.59 Å². The van der Waals surface area contributed by atoms with Crippen molar-refractivity contribution in [3.8, 4) is 0 Å². The van der Waals surface area contributed by atoms with Crippen LogP contribution in [0.5, 0.6) is 0 Å². The largest absolute Gasteiger partial charge is 0.461 e. The normalized spacial score (nSPS) is 10.5. The number of rotatable bonds is 2. The zero-order valence-corrected chi connectivity index (χ0v) is 8.06. The van der Waals surface area contributed by atoms with Crippen LogP contribution in [0.4, 0.5) is 0 Å². The van der Waals surface area contributed by atoms with Crippen LogP contribution < -0.4 is 5.56 Å². The standard InChI is InChI=1S/C9H9N3O3/c1-2-15-9(14)6-5-12-7(10-6)3-4-8(13)11-12/h3-5H,2H2,1H3,(H,11,13). The van der Waals surface area contributed by atoms with E-state index in [-0.39, 0.29) is 11.3 Å². The van der Waals surface area contributed by atoms with Gasteiger partial charge in [0.1, 0.15) is 0 Å². The number of hydrogen-bond donors (Lipinski definition) is 1. The highest BCUT2D eigenvalue weighted by molar-refractivity contribution is 5.87. The molecule has 2 aromatic rings. The summed E-state index contributed by atoms with van der Waals surface area (Å²) in [4.78, 5) is 26.3. The molecule has 0 unspecified atom stereocenters. The lowest BCUT2D eigenvalue weighted by Gasteiger charge is -1.94. The number of aromatic nitrogens is 3. The number of fused-ring (bicyclic) bond motifs is 1. The number of imidazole rings is 1. The fraction of sp³-hybridized carbons (Fsp3) is 0.222. The molecule has 0 amide bonds. The smallest absolute Gasteiger partial charge is 0.358 e. The predicted molar refractivity (Wildman–Crippen MR) is 51.8 cm³/mol. The molecule has 0 atom stereocenters. The summed E-state index contributed by atoms with van der Waals surface area (Å²) in [7, 11) is 0. The van der Waals surface area contributed by atoms with E-state index >= 15 is 0 Å². The summed E-state index contributed by atoms with van der Waals surface area (Å²) in [6, 6.07) is 2.87. The third-order valence-electron chi connectivity index (χ3n) is 1.83. The highest BCUT2D eigenvalue weighted by Gasteiger charge is 2.11. The predicted octanol–water partition coefficient (Wildman–Crippen LogP) is 0.199. The Morgan fingerprint density at radius 1 is 1.60 bits per heavy atom. The van der Waals surface area contributed by atoms with Crippen molar-refractivity contribution in [2.75, 3.05) is 6.61 Å². The van der Waals surface area contributed by atoms with E-state index in [0.717, 1.165) is 0 Å². The van der Waals surface area contributed by atoms with Crippen molar-refractivity contribution in [3.05, 3.63) is 34.4 Å². The number of H-pyrrole nitrogens is 1. The summed E-state index contributed by atoms with van der Waals surface area (Å²) >= 11 is 0. The second kappa shape index (κ2) is 3.56. The molecule has 15 heavy (non-hydrogen) atoms. The van der Waals surface area contributed by atoms with Gasteiger partial charge in [-0.15, -0.1) is 0 Å². The van der Waals surface area contributed by atoms with Gasteiger partial charge in [-0.25, -0.2) is 14.3 Å². The first-order chi connectivity index (χ1) is 7.20. The molecule has 0 aliphatic rings. The fourth-order valence-corrected chi connectivity index (χ4v) is 1.21. The van der Waals surface area contributed by atoms with Crippen LogP contribution in [0.2, 0.25) is 0 Å². The van der Waals surface area contributed by atoms with Gasteiger partial charge in [0.2, 0.25) is 0 Å². The van der Waals surface area contributed by atoms with Gasteiger partial charge in [0.15, 0.2) is 11.3 Å². The molecule has 6 nitrogen and oxygen atoms in total. The number of carbonyl (C=O) groups excluding carboxylic acids is 1. The molecule has 0 aliphatic carbocycles. The first-order valence-electron chi connectivity index (χ1n) is 4.46. The van der Waals surface area contributed by atoms with E-state index < -0.39 is 5.97 Å². The Kier molecular flexibility index (Phi) is 2.24. The fourth-order valence-electron chi connectivity index (χ4n) is 1.21. The van der Waals surface area contributed by atoms with Crippen LogP contribution in [-0.2, 0) is 4.74 Å². The molecule has 6 heteroatoms. The van der Waals surface area contributed by atoms with Crippen molar-refractivity contribution in [3.63, 3.8) is 0 Å². The third kappa shape index (κ3) is 1.74. The van der Waals surface area contributed by atoms with Crippen molar-refractivity contribution < 1.29 is 9.53 Å². The van der Waals surface area contributed by atoms with Gasteiger partial charge in [-0.3, -0.25) is 9.89 Å². The molecular formula is C9H9N3O3. The molecule has 0 aliphatic heterocycles. The molecule has 0 fully saturated rings. The average Bonchev–Trinajstić information content (AvgIpc) is 2.60. The van der Waals surface area contributed by atoms with Gasteiger partial charge in [-0.2, -0.15) is 0 Å². The molecule has 2 heterocycles. The zero-order chi connectivity index (χ0) is 10.8. The second-order valence-corrected chi connectivity index (χ2v) is 2.88. The quantitative estimate of drug-likeness (QED) is 0.713. The SMILES string of the molecule is CCOC(=O)c1cn2[nH]c(=O)ccc2n1. The molecular weight excluding hydrogens is 198 g/mol. The van der Waals surface area contributed by atoms with Crippen LogP contribution in [0, 0.1) is 0 Å². The van der Waals surface area contributed by atoms with Crippen LogP contribution in [0.1, 0.15) is 17.4 Å². The molecule has 1 N–H and O–H groups in total. The summed E-state index contributed by atoms with van der Waals surface area (Å²) in [5.74, 6) is -0.498. The number of ether oxygens (including phenoxy) is 1. The number of nitrogens with zero attached hydrogens (tertiary/aromatic N) is 2. The van der Waals surface area contributed by atoms with Gasteiger partial charge < -0.3 is 4.74 Å². The van der Waals surface area contributed by atoms with E-state index in [1.54, 1.807) is 6.92 Å². The summed E-state index contributed by atoms with van der Waals surface area (Å²) in [5.41, 5.74) is 0.423. The van der Waals surface area contributed by atoms with Crippen LogP contribution in [0.3, 0.4) is 0 Å². The molecule has 0 spiro atoms. The number of hydrogen-bond acceptors (Lipinski definition) is 4. The lowest BCUT2D eigenvalue weighted by Crippen LogP contribution is -2.08. The van der Waals surface area contributed by atoms with Gasteiger partial charge in [0.25, 0.3) is 5.56 Å². The summed E-state index contributed by atoms with van der Waals surface area (Å²) in [5, 5.41) is 2.50. The minimum Gasteiger partial charge on any atom is -0.461 e. The van der Waals surface area contributed by atoms with Crippen molar-refractivity contribution in [1.29, 1.82) is 0 Å². The molecule has 2 rings (SSSR count). The van der Waals surface area contributed by atoms with Crippen molar-refractivity contribution in [2.45, 2.75) is 6.92 Å². The molecule has 0 saturated carbocycles. The number of nitrogens with one attached hydrogen (secondary N) is 1. The monoisotopic (exact) mass is 207 g/mol. The lowest BCUT2D eigenvalue weighted by molar-refractivity contribution is 0.0520. The molecule has 0 saturated heterocycles. The van der Waals surface area contributed by atoms with E-state index in [2.05, 4.69) is 10.1 Å². The van der Waals surface area contributed by atoms with Crippen LogP contribution in [0.25, 0.3) is 5.65 Å². The Morgan fingerprint density at radius 3 is 3.13 bits per heavy atom. The zero-order valence-electron chi connectivity index (χ0n) is 8.06. The van der Waals surface area contributed by atoms with E-state index in [4.69, 9.17) is 4.74 Å². The molecule has 0 aromatic carbocycles. The Bertz CT molecular complexity index is 555. The molecule has 0 bridgehead atoms. The van der Waals surface area contributed by atoms with Gasteiger partial charge >= 0.3 is 5.97 Å². The molecule has 0 radical (unpaired) electrons. The Morgan fingerprint density at radius 2 is 2.40 bits per heavy atom. The number of esters is 1. The lowest BCUT2D eigenvalue weighted by atomic mass is 10.5. The Balaban J connectivity index is 2.47. The van der Waals surface area contributed by atoms with Crippen molar-refractivity contribution >= 4 is 11.6 Å². The highest BCUT2D eigenvalue weighted by atomic mass is 16.5. The highest BCUT2D eigenvalue weighted by Crippen LogP contribution is 2.02. The van der Waals surface area contributed by atoms with Gasteiger partial charge in [0, 0.05) is 6.07 Å². The van der Waals surface area contributed by atoms with E-state index in [1.165, 1.54) is 22.8 Å². The maximum Gasteiger partial charge on any atom is 0.358 e. The summed E-state index contributed by atoms with van der Waals surface area (Å²) in [6.07, 6.45) is 1.43. The van der Waals surface area contributed by atoms with Crippen molar-refractivity contribution in [1.82, 2.24) is 14.6 Å². The molecule has 78 valence electrons. The molecule has 2 aromatic heterocycles. The number of carbonyl (C=O) groups is 1. The van der Waals surface area contributed by atoms with Crippen LogP contribution in [-0.4, -0.2) is 27.2 Å². The maximum absolute atomic E-state index is 11.3. The van der Waals surface area contributed by atoms with E-state index in [1.807, 2.05) is 0 Å². The Hall–Kier alpha value is -2.11. The second-order valence-electron chi connectivity index (χ2n) is 2.88. The van der Waals surface area contributed by atoms with Crippen LogP contribution in [0.15, 0.2) is 23.1 Å². The first-order valence-corrected chi connectivity index (χ1v) is 4.46. The third-order valence-corrected chi connectivity index (χ3v) is 1.83. The van der Waals surface area contributed by atoms with Crippen LogP contribution >= 0.6 is 0 Å². The summed E-state index contributed by atoms with van der Waals surface area (Å²) < 4.78 is 6.16.